The van der Waals surface area contributed by atoms with Gasteiger partial charge in [0.05, 0.1) is 16.8 Å². The van der Waals surface area contributed by atoms with Crippen molar-refractivity contribution in [1.29, 1.82) is 0 Å². The van der Waals surface area contributed by atoms with Crippen molar-refractivity contribution in [2.45, 2.75) is 6.61 Å². The molecule has 2 aromatic carbocycles. The molecular weight excluding hydrogens is 456 g/mol. The Morgan fingerprint density at radius 2 is 1.86 bits per heavy atom. The predicted octanol–water partition coefficient (Wildman–Crippen LogP) is 6.04. The molecule has 3 rings (SSSR count). The molecule has 29 heavy (non-hydrogen) atoms. The number of nitrogens with one attached hydrogen (secondary N) is 1. The first-order valence-corrected chi connectivity index (χ1v) is 9.74. The van der Waals surface area contributed by atoms with Gasteiger partial charge in [0.1, 0.15) is 12.4 Å². The summed E-state index contributed by atoms with van der Waals surface area (Å²) in [5.74, 6) is -0.0562. The van der Waals surface area contributed by atoms with Crippen molar-refractivity contribution in [3.63, 3.8) is 0 Å². The first-order valence-electron chi connectivity index (χ1n) is 8.23. The summed E-state index contributed by atoms with van der Waals surface area (Å²) in [5, 5.41) is 5.64. The summed E-state index contributed by atoms with van der Waals surface area (Å²) in [6, 6.07) is 11.5. The first-order chi connectivity index (χ1) is 13.9. The molecule has 5 nitrogen and oxygen atoms in total. The molecule has 0 atom stereocenters. The van der Waals surface area contributed by atoms with E-state index in [0.717, 1.165) is 5.56 Å². The molecule has 0 spiro atoms. The van der Waals surface area contributed by atoms with Gasteiger partial charge in [0, 0.05) is 38.6 Å². The van der Waals surface area contributed by atoms with Crippen molar-refractivity contribution >= 4 is 58.5 Å². The second-order valence-electron chi connectivity index (χ2n) is 5.77. The number of aromatic nitrogens is 1. The summed E-state index contributed by atoms with van der Waals surface area (Å²) < 4.78 is 5.84. The molecule has 1 heterocycles. The molecule has 0 fully saturated rings. The zero-order valence-corrected chi connectivity index (χ0v) is 17.7. The van der Waals surface area contributed by atoms with Crippen LogP contribution in [0.3, 0.4) is 0 Å². The summed E-state index contributed by atoms with van der Waals surface area (Å²) >= 11 is 24.5. The van der Waals surface area contributed by atoms with Crippen molar-refractivity contribution in [2.24, 2.45) is 5.10 Å². The van der Waals surface area contributed by atoms with E-state index in [1.54, 1.807) is 48.7 Å². The van der Waals surface area contributed by atoms with Crippen LogP contribution in [0.5, 0.6) is 5.75 Å². The van der Waals surface area contributed by atoms with Gasteiger partial charge in [0.15, 0.2) is 0 Å². The number of carbonyl (C=O) groups is 1. The normalized spacial score (nSPS) is 10.9. The highest BCUT2D eigenvalue weighted by Crippen LogP contribution is 2.33. The minimum atomic E-state index is -0.405. The van der Waals surface area contributed by atoms with Gasteiger partial charge in [-0.1, -0.05) is 52.5 Å². The third-order valence-corrected chi connectivity index (χ3v) is 4.80. The Hall–Kier alpha value is -2.31. The third kappa shape index (κ3) is 5.84. The summed E-state index contributed by atoms with van der Waals surface area (Å²) in [7, 11) is 0. The molecule has 0 aliphatic carbocycles. The molecule has 0 unspecified atom stereocenters. The topological polar surface area (TPSA) is 63.6 Å². The number of rotatable bonds is 6. The van der Waals surface area contributed by atoms with Gasteiger partial charge in [0.25, 0.3) is 5.91 Å². The Balaban J connectivity index is 1.77. The SMILES string of the molecule is O=C(N/N=C\c1cc(Cl)cc(Cl)c1OCc1ccc(Cl)cc1Cl)c1cccnc1. The van der Waals surface area contributed by atoms with E-state index >= 15 is 0 Å². The van der Waals surface area contributed by atoms with Crippen molar-refractivity contribution in [3.8, 4) is 5.75 Å². The van der Waals surface area contributed by atoms with Crippen LogP contribution in [-0.4, -0.2) is 17.1 Å². The number of hydrogen-bond donors (Lipinski definition) is 1. The predicted molar refractivity (Wildman–Crippen MR) is 117 cm³/mol. The summed E-state index contributed by atoms with van der Waals surface area (Å²) in [6.45, 7) is 0.153. The molecular formula is C20H13Cl4N3O2. The van der Waals surface area contributed by atoms with Gasteiger partial charge in [-0.2, -0.15) is 5.10 Å². The summed E-state index contributed by atoms with van der Waals surface area (Å²) in [5.41, 5.74) is 4.01. The van der Waals surface area contributed by atoms with Gasteiger partial charge in [-0.05, 0) is 36.4 Å². The maximum atomic E-state index is 12.1. The van der Waals surface area contributed by atoms with E-state index in [1.165, 1.54) is 12.4 Å². The number of hydrogen-bond acceptors (Lipinski definition) is 4. The lowest BCUT2D eigenvalue weighted by atomic mass is 10.2. The first kappa shape index (κ1) is 21.4. The number of amides is 1. The van der Waals surface area contributed by atoms with Crippen LogP contribution in [0.25, 0.3) is 0 Å². The van der Waals surface area contributed by atoms with Crippen LogP contribution in [-0.2, 0) is 6.61 Å². The molecule has 3 aromatic rings. The van der Waals surface area contributed by atoms with Crippen LogP contribution in [0.2, 0.25) is 20.1 Å². The highest BCUT2D eigenvalue weighted by molar-refractivity contribution is 6.36. The highest BCUT2D eigenvalue weighted by Gasteiger charge is 2.12. The van der Waals surface area contributed by atoms with Crippen molar-refractivity contribution in [3.05, 3.63) is 91.6 Å². The Bertz CT molecular complexity index is 1060. The van der Waals surface area contributed by atoms with Gasteiger partial charge in [0.2, 0.25) is 0 Å². The minimum absolute atomic E-state index is 0.153. The maximum Gasteiger partial charge on any atom is 0.272 e. The number of nitrogens with zero attached hydrogens (tertiary/aromatic N) is 2. The second-order valence-corrected chi connectivity index (χ2v) is 7.46. The molecule has 0 radical (unpaired) electrons. The fourth-order valence-corrected chi connectivity index (χ4v) is 3.37. The van der Waals surface area contributed by atoms with Gasteiger partial charge in [-0.25, -0.2) is 5.43 Å². The van der Waals surface area contributed by atoms with Gasteiger partial charge in [-0.15, -0.1) is 0 Å². The number of benzene rings is 2. The lowest BCUT2D eigenvalue weighted by molar-refractivity contribution is 0.0954. The fourth-order valence-electron chi connectivity index (χ4n) is 2.34. The highest BCUT2D eigenvalue weighted by atomic mass is 35.5. The molecule has 0 saturated heterocycles. The standard InChI is InChI=1S/C20H13Cl4N3O2/c21-15-4-3-13(17(23)7-15)11-29-19-14(6-16(22)8-18(19)24)10-26-27-20(28)12-2-1-5-25-9-12/h1-10H,11H2,(H,27,28)/b26-10-. The molecule has 148 valence electrons. The average molecular weight is 469 g/mol. The molecule has 0 aliphatic rings. The van der Waals surface area contributed by atoms with Crippen LogP contribution >= 0.6 is 46.4 Å². The van der Waals surface area contributed by atoms with E-state index in [2.05, 4.69) is 15.5 Å². The quantitative estimate of drug-likeness (QED) is 0.354. The van der Waals surface area contributed by atoms with Gasteiger partial charge in [-0.3, -0.25) is 9.78 Å². The Morgan fingerprint density at radius 1 is 1.07 bits per heavy atom. The largest absolute Gasteiger partial charge is 0.487 e. The Morgan fingerprint density at radius 3 is 2.59 bits per heavy atom. The summed E-state index contributed by atoms with van der Waals surface area (Å²) in [4.78, 5) is 15.9. The van der Waals surface area contributed by atoms with E-state index in [0.29, 0.717) is 37.0 Å². The molecule has 1 amide bonds. The third-order valence-electron chi connectivity index (χ3n) is 3.72. The number of hydrazone groups is 1. The molecule has 9 heteroatoms. The number of pyridine rings is 1. The Kier molecular flexibility index (Phi) is 7.34. The fraction of sp³-hybridized carbons (Fsp3) is 0.0500. The van der Waals surface area contributed by atoms with E-state index < -0.39 is 5.91 Å². The second kappa shape index (κ2) is 9.94. The van der Waals surface area contributed by atoms with E-state index in [4.69, 9.17) is 51.1 Å². The number of halogens is 4. The smallest absolute Gasteiger partial charge is 0.272 e. The monoisotopic (exact) mass is 467 g/mol. The molecule has 0 bridgehead atoms. The van der Waals surface area contributed by atoms with Crippen molar-refractivity contribution in [1.82, 2.24) is 10.4 Å². The van der Waals surface area contributed by atoms with Crippen LogP contribution in [0.4, 0.5) is 0 Å². The van der Waals surface area contributed by atoms with E-state index in [9.17, 15) is 4.79 Å². The summed E-state index contributed by atoms with van der Waals surface area (Å²) in [6.07, 6.45) is 4.40. The lowest BCUT2D eigenvalue weighted by Crippen LogP contribution is -2.17. The van der Waals surface area contributed by atoms with Crippen LogP contribution in [0.1, 0.15) is 21.5 Å². The molecule has 0 saturated carbocycles. The van der Waals surface area contributed by atoms with Crippen LogP contribution in [0.15, 0.2) is 60.0 Å². The molecule has 1 N–H and O–H groups in total. The Labute approximate surface area is 187 Å². The zero-order chi connectivity index (χ0) is 20.8. The van der Waals surface area contributed by atoms with E-state index in [1.807, 2.05) is 0 Å². The molecule has 0 aliphatic heterocycles. The van der Waals surface area contributed by atoms with E-state index in [-0.39, 0.29) is 6.61 Å². The van der Waals surface area contributed by atoms with Gasteiger partial charge >= 0.3 is 0 Å². The van der Waals surface area contributed by atoms with Crippen molar-refractivity contribution < 1.29 is 9.53 Å². The average Bonchev–Trinajstić information content (AvgIpc) is 2.69. The van der Waals surface area contributed by atoms with Crippen LogP contribution < -0.4 is 10.2 Å². The molecule has 1 aromatic heterocycles. The maximum absolute atomic E-state index is 12.1. The number of ether oxygens (including phenoxy) is 1. The zero-order valence-electron chi connectivity index (χ0n) is 14.7. The van der Waals surface area contributed by atoms with Crippen molar-refractivity contribution in [2.75, 3.05) is 0 Å². The number of carbonyl (C=O) groups excluding carboxylic acids is 1. The minimum Gasteiger partial charge on any atom is -0.487 e. The van der Waals surface area contributed by atoms with Crippen LogP contribution in [0, 0.1) is 0 Å². The lowest BCUT2D eigenvalue weighted by Gasteiger charge is -2.12. The van der Waals surface area contributed by atoms with Gasteiger partial charge < -0.3 is 4.74 Å².